The lowest BCUT2D eigenvalue weighted by molar-refractivity contribution is -0.127. The second-order valence-corrected chi connectivity index (χ2v) is 10.8. The number of aromatic nitrogens is 2. The zero-order valence-corrected chi connectivity index (χ0v) is 23.1. The molecule has 5 rings (SSSR count). The van der Waals surface area contributed by atoms with Gasteiger partial charge in [-0.15, -0.1) is 0 Å². The van der Waals surface area contributed by atoms with Crippen LogP contribution >= 0.6 is 0 Å². The van der Waals surface area contributed by atoms with Crippen molar-refractivity contribution in [2.24, 2.45) is 0 Å². The molecule has 0 radical (unpaired) electrons. The maximum atomic E-state index is 15.3. The Labute approximate surface area is 236 Å². The van der Waals surface area contributed by atoms with E-state index in [1.807, 2.05) is 13.8 Å². The number of carbonyl (C=O) groups is 2. The molecule has 0 aliphatic carbocycles. The van der Waals surface area contributed by atoms with Crippen LogP contribution in [0.2, 0.25) is 0 Å². The van der Waals surface area contributed by atoms with Crippen molar-refractivity contribution in [3.05, 3.63) is 71.6 Å². The molecule has 11 heteroatoms. The summed E-state index contributed by atoms with van der Waals surface area (Å²) in [6.45, 7) is 10.1. The smallest absolute Gasteiger partial charge is 0.258 e. The molecule has 1 fully saturated rings. The van der Waals surface area contributed by atoms with Crippen LogP contribution in [0.25, 0.3) is 11.3 Å². The van der Waals surface area contributed by atoms with Crippen LogP contribution in [-0.4, -0.2) is 52.5 Å². The van der Waals surface area contributed by atoms with Crippen molar-refractivity contribution >= 4 is 23.3 Å². The SMILES string of the molecule is C=CC(=O)N1CCC[C@H]1COc1c(N)ncnc1-c1cc(F)cc(NC(=O)c2ccc3c(c2F)OCC3(C)C)c1C. The van der Waals surface area contributed by atoms with Crippen LogP contribution in [0.15, 0.2) is 43.2 Å². The summed E-state index contributed by atoms with van der Waals surface area (Å²) in [5, 5.41) is 2.62. The van der Waals surface area contributed by atoms with E-state index in [9.17, 15) is 14.0 Å². The summed E-state index contributed by atoms with van der Waals surface area (Å²) in [7, 11) is 0. The van der Waals surface area contributed by atoms with Crippen molar-refractivity contribution in [3.8, 4) is 22.8 Å². The van der Waals surface area contributed by atoms with Gasteiger partial charge in [0.1, 0.15) is 24.4 Å². The first-order valence-corrected chi connectivity index (χ1v) is 13.3. The highest BCUT2D eigenvalue weighted by atomic mass is 19.1. The van der Waals surface area contributed by atoms with E-state index < -0.39 is 17.5 Å². The van der Waals surface area contributed by atoms with Gasteiger partial charge in [-0.1, -0.05) is 26.5 Å². The monoisotopic (exact) mass is 563 g/mol. The van der Waals surface area contributed by atoms with Crippen molar-refractivity contribution in [1.82, 2.24) is 14.9 Å². The largest absolute Gasteiger partial charge is 0.489 e. The Morgan fingerprint density at radius 1 is 1.29 bits per heavy atom. The Morgan fingerprint density at radius 2 is 2.07 bits per heavy atom. The van der Waals surface area contributed by atoms with Gasteiger partial charge in [0, 0.05) is 28.8 Å². The molecule has 2 aromatic carbocycles. The molecule has 3 N–H and O–H groups in total. The normalized spacial score (nSPS) is 17.1. The number of nitrogen functional groups attached to an aromatic ring is 1. The Bertz CT molecular complexity index is 1560. The molecule has 3 aromatic rings. The fraction of sp³-hybridized carbons (Fsp3) is 0.333. The third kappa shape index (κ3) is 5.19. The van der Waals surface area contributed by atoms with Crippen LogP contribution in [0.1, 0.15) is 48.2 Å². The summed E-state index contributed by atoms with van der Waals surface area (Å²) in [5.41, 5.74) is 7.29. The van der Waals surface area contributed by atoms with E-state index in [1.54, 1.807) is 17.9 Å². The van der Waals surface area contributed by atoms with Crippen LogP contribution < -0.4 is 20.5 Å². The average molecular weight is 564 g/mol. The molecule has 214 valence electrons. The summed E-state index contributed by atoms with van der Waals surface area (Å²) in [4.78, 5) is 35.4. The Morgan fingerprint density at radius 3 is 2.83 bits per heavy atom. The first-order valence-electron chi connectivity index (χ1n) is 13.3. The molecular formula is C30H31F2N5O4. The lowest BCUT2D eigenvalue weighted by Gasteiger charge is -2.24. The number of hydrogen-bond acceptors (Lipinski definition) is 7. The number of carbonyl (C=O) groups excluding carboxylic acids is 2. The summed E-state index contributed by atoms with van der Waals surface area (Å²) in [6.07, 6.45) is 4.05. The predicted octanol–water partition coefficient (Wildman–Crippen LogP) is 4.79. The van der Waals surface area contributed by atoms with Crippen LogP contribution in [-0.2, 0) is 10.2 Å². The number of halogens is 2. The first-order chi connectivity index (χ1) is 19.5. The zero-order chi connectivity index (χ0) is 29.5. The van der Waals surface area contributed by atoms with E-state index in [-0.39, 0.29) is 58.2 Å². The second kappa shape index (κ2) is 10.8. The van der Waals surface area contributed by atoms with Crippen LogP contribution in [0.4, 0.5) is 20.3 Å². The number of nitrogens with one attached hydrogen (secondary N) is 1. The molecule has 1 saturated heterocycles. The van der Waals surface area contributed by atoms with E-state index in [2.05, 4.69) is 21.9 Å². The lowest BCUT2D eigenvalue weighted by Crippen LogP contribution is -2.38. The molecule has 0 spiro atoms. The number of ether oxygens (including phenoxy) is 2. The topological polar surface area (TPSA) is 120 Å². The number of amides is 2. The van der Waals surface area contributed by atoms with Crippen molar-refractivity contribution in [2.45, 2.75) is 45.1 Å². The highest BCUT2D eigenvalue weighted by Crippen LogP contribution is 2.41. The highest BCUT2D eigenvalue weighted by molar-refractivity contribution is 6.05. The van der Waals surface area contributed by atoms with Crippen molar-refractivity contribution in [2.75, 3.05) is 30.8 Å². The number of likely N-dealkylation sites (tertiary alicyclic amines) is 1. The molecule has 0 saturated carbocycles. The molecule has 2 amide bonds. The number of nitrogens with two attached hydrogens (primary N) is 1. The predicted molar refractivity (Wildman–Crippen MR) is 150 cm³/mol. The molecule has 3 heterocycles. The zero-order valence-electron chi connectivity index (χ0n) is 23.1. The number of fused-ring (bicyclic) bond motifs is 1. The van der Waals surface area contributed by atoms with Gasteiger partial charge in [0.15, 0.2) is 23.1 Å². The van der Waals surface area contributed by atoms with Crippen molar-refractivity contribution in [1.29, 1.82) is 0 Å². The molecule has 1 aromatic heterocycles. The summed E-state index contributed by atoms with van der Waals surface area (Å²) in [6, 6.07) is 5.26. The lowest BCUT2D eigenvalue weighted by atomic mass is 9.86. The number of rotatable bonds is 7. The minimum Gasteiger partial charge on any atom is -0.489 e. The van der Waals surface area contributed by atoms with Crippen molar-refractivity contribution in [3.63, 3.8) is 0 Å². The van der Waals surface area contributed by atoms with Gasteiger partial charge < -0.3 is 25.4 Å². The highest BCUT2D eigenvalue weighted by Gasteiger charge is 2.36. The summed E-state index contributed by atoms with van der Waals surface area (Å²) >= 11 is 0. The molecule has 1 atom stereocenters. The van der Waals surface area contributed by atoms with Gasteiger partial charge in [0.05, 0.1) is 18.2 Å². The second-order valence-electron chi connectivity index (χ2n) is 10.8. The Balaban J connectivity index is 1.44. The average Bonchev–Trinajstić information content (AvgIpc) is 3.53. The maximum absolute atomic E-state index is 15.3. The van der Waals surface area contributed by atoms with Crippen LogP contribution in [0.5, 0.6) is 11.5 Å². The van der Waals surface area contributed by atoms with Gasteiger partial charge in [-0.3, -0.25) is 9.59 Å². The van der Waals surface area contributed by atoms with Gasteiger partial charge in [-0.05, 0) is 49.6 Å². The quantitative estimate of drug-likeness (QED) is 0.397. The van der Waals surface area contributed by atoms with Gasteiger partial charge in [0.2, 0.25) is 5.91 Å². The van der Waals surface area contributed by atoms with Gasteiger partial charge >= 0.3 is 0 Å². The molecule has 2 aliphatic heterocycles. The van der Waals surface area contributed by atoms with Crippen molar-refractivity contribution < 1.29 is 27.8 Å². The van der Waals surface area contributed by atoms with Gasteiger partial charge in [-0.25, -0.2) is 18.7 Å². The third-order valence-electron chi connectivity index (χ3n) is 7.61. The van der Waals surface area contributed by atoms with E-state index in [0.29, 0.717) is 29.8 Å². The number of benzene rings is 2. The summed E-state index contributed by atoms with van der Waals surface area (Å²) in [5.74, 6) is -2.17. The molecule has 41 heavy (non-hydrogen) atoms. The minimum absolute atomic E-state index is 0.0342. The number of anilines is 2. The molecule has 0 bridgehead atoms. The van der Waals surface area contributed by atoms with E-state index in [4.69, 9.17) is 15.2 Å². The molecular weight excluding hydrogens is 532 g/mol. The Hall–Kier alpha value is -4.54. The molecule has 9 nitrogen and oxygen atoms in total. The summed E-state index contributed by atoms with van der Waals surface area (Å²) < 4.78 is 41.8. The van der Waals surface area contributed by atoms with Gasteiger partial charge in [0.25, 0.3) is 5.91 Å². The maximum Gasteiger partial charge on any atom is 0.258 e. The van der Waals surface area contributed by atoms with Crippen LogP contribution in [0, 0.1) is 18.6 Å². The fourth-order valence-electron chi connectivity index (χ4n) is 5.30. The number of nitrogens with zero attached hydrogens (tertiary/aromatic N) is 3. The van der Waals surface area contributed by atoms with E-state index in [0.717, 1.165) is 18.9 Å². The molecule has 2 aliphatic rings. The van der Waals surface area contributed by atoms with E-state index in [1.165, 1.54) is 24.5 Å². The Kier molecular flexibility index (Phi) is 7.37. The molecule has 0 unspecified atom stereocenters. The number of hydrogen-bond donors (Lipinski definition) is 2. The van der Waals surface area contributed by atoms with Gasteiger partial charge in [-0.2, -0.15) is 0 Å². The van der Waals surface area contributed by atoms with Crippen LogP contribution in [0.3, 0.4) is 0 Å². The fourth-order valence-corrected chi connectivity index (χ4v) is 5.30. The first kappa shape index (κ1) is 28.0. The minimum atomic E-state index is -0.769. The third-order valence-corrected chi connectivity index (χ3v) is 7.61. The van der Waals surface area contributed by atoms with E-state index >= 15 is 4.39 Å². The standard InChI is InChI=1S/C30H31F2N5O4/c1-5-23(38)37-10-6-7-18(37)13-40-27-25(34-15-35-28(27)33)20-11-17(31)12-22(16(20)2)36-29(39)19-8-9-21-26(24(19)32)41-14-30(21,3)4/h5,8-9,11-12,15,18H,1,6-7,10,13-14H2,2-4H3,(H,36,39)(H2,33,34,35)/t18-/m0/s1.